The lowest BCUT2D eigenvalue weighted by Gasteiger charge is -2.12. The van der Waals surface area contributed by atoms with Crippen LogP contribution in [-0.2, 0) is 14.8 Å². The highest BCUT2D eigenvalue weighted by Crippen LogP contribution is 2.29. The topological polar surface area (TPSA) is 97.4 Å². The third kappa shape index (κ3) is 4.87. The van der Waals surface area contributed by atoms with Crippen molar-refractivity contribution in [2.75, 3.05) is 22.9 Å². The van der Waals surface area contributed by atoms with Crippen molar-refractivity contribution in [2.45, 2.75) is 6.92 Å². The maximum Gasteiger partial charge on any atom is 0.248 e. The zero-order chi connectivity index (χ0) is 20.1. The number of thiazole rings is 1. The Kier molecular flexibility index (Phi) is 5.96. The van der Waals surface area contributed by atoms with E-state index in [1.54, 1.807) is 31.2 Å². The molecule has 0 radical (unpaired) electrons. The Bertz CT molecular complexity index is 1100. The maximum absolute atomic E-state index is 12.2. The van der Waals surface area contributed by atoms with Gasteiger partial charge in [-0.05, 0) is 37.3 Å². The first-order valence-electron chi connectivity index (χ1n) is 8.43. The molecule has 1 amide bonds. The highest BCUT2D eigenvalue weighted by atomic mass is 32.2. The smallest absolute Gasteiger partial charge is 0.248 e. The summed E-state index contributed by atoms with van der Waals surface area (Å²) in [6, 6.07) is 12.4. The monoisotopic (exact) mass is 417 g/mol. The van der Waals surface area contributed by atoms with E-state index < -0.39 is 10.0 Å². The number of anilines is 2. The summed E-state index contributed by atoms with van der Waals surface area (Å²) in [4.78, 5) is 16.6. The second kappa shape index (κ2) is 8.41. The molecule has 28 heavy (non-hydrogen) atoms. The molecule has 0 aliphatic heterocycles. The number of para-hydroxylation sites is 1. The summed E-state index contributed by atoms with van der Waals surface area (Å²) in [5.41, 5.74) is 1.69. The Hall–Kier alpha value is -2.91. The molecule has 9 heteroatoms. The first kappa shape index (κ1) is 19.8. The summed E-state index contributed by atoms with van der Waals surface area (Å²) in [6.07, 6.45) is 3.05. The van der Waals surface area contributed by atoms with E-state index in [1.165, 1.54) is 24.5 Å². The molecule has 0 aliphatic rings. The predicted molar refractivity (Wildman–Crippen MR) is 113 cm³/mol. The quantitative estimate of drug-likeness (QED) is 0.571. The molecule has 0 bridgehead atoms. The number of benzene rings is 2. The van der Waals surface area contributed by atoms with Crippen LogP contribution in [0, 0.1) is 0 Å². The lowest BCUT2D eigenvalue weighted by atomic mass is 10.2. The first-order chi connectivity index (χ1) is 13.4. The number of hydrogen-bond acceptors (Lipinski definition) is 6. The van der Waals surface area contributed by atoms with E-state index >= 15 is 0 Å². The molecule has 0 saturated heterocycles. The van der Waals surface area contributed by atoms with E-state index in [1.807, 2.05) is 24.3 Å². The van der Waals surface area contributed by atoms with Crippen molar-refractivity contribution >= 4 is 54.9 Å². The van der Waals surface area contributed by atoms with E-state index in [4.69, 9.17) is 4.74 Å². The predicted octanol–water partition coefficient (Wildman–Crippen LogP) is 3.72. The van der Waals surface area contributed by atoms with Gasteiger partial charge in [0, 0.05) is 17.8 Å². The maximum atomic E-state index is 12.2. The summed E-state index contributed by atoms with van der Waals surface area (Å²) in [7, 11) is -2.00. The molecule has 0 atom stereocenters. The van der Waals surface area contributed by atoms with Crippen LogP contribution in [0.3, 0.4) is 0 Å². The van der Waals surface area contributed by atoms with E-state index in [9.17, 15) is 13.2 Å². The number of hydrogen-bond donors (Lipinski definition) is 2. The van der Waals surface area contributed by atoms with Crippen LogP contribution in [0.15, 0.2) is 48.5 Å². The summed E-state index contributed by atoms with van der Waals surface area (Å²) < 4.78 is 32.2. The molecular formula is C19H19N3O4S2. The molecule has 1 aromatic heterocycles. The molecule has 3 aromatic rings. The molecule has 0 fully saturated rings. The van der Waals surface area contributed by atoms with Gasteiger partial charge in [-0.2, -0.15) is 0 Å². The number of aromatic nitrogens is 1. The van der Waals surface area contributed by atoms with Gasteiger partial charge in [-0.1, -0.05) is 12.1 Å². The lowest BCUT2D eigenvalue weighted by molar-refractivity contribution is -0.111. The van der Waals surface area contributed by atoms with Gasteiger partial charge in [0.15, 0.2) is 0 Å². The van der Waals surface area contributed by atoms with Crippen LogP contribution in [0.5, 0.6) is 5.75 Å². The Balaban J connectivity index is 1.71. The summed E-state index contributed by atoms with van der Waals surface area (Å²) in [5, 5.41) is 3.45. The minimum atomic E-state index is -3.43. The van der Waals surface area contributed by atoms with Gasteiger partial charge in [0.05, 0.1) is 28.8 Å². The zero-order valence-electron chi connectivity index (χ0n) is 15.3. The van der Waals surface area contributed by atoms with Crippen LogP contribution in [0.1, 0.15) is 11.9 Å². The molecule has 3 rings (SSSR count). The molecule has 0 spiro atoms. The lowest BCUT2D eigenvalue weighted by Crippen LogP contribution is -2.15. The Morgan fingerprint density at radius 1 is 1.25 bits per heavy atom. The normalized spacial score (nSPS) is 11.6. The fraction of sp³-hybridized carbons (Fsp3) is 0.158. The van der Waals surface area contributed by atoms with Gasteiger partial charge in [0.1, 0.15) is 10.8 Å². The Morgan fingerprint density at radius 3 is 2.75 bits per heavy atom. The van der Waals surface area contributed by atoms with Crippen molar-refractivity contribution in [2.24, 2.45) is 0 Å². The van der Waals surface area contributed by atoms with Crippen LogP contribution in [0.25, 0.3) is 16.3 Å². The molecule has 0 aliphatic carbocycles. The van der Waals surface area contributed by atoms with Gasteiger partial charge in [-0.15, -0.1) is 11.3 Å². The van der Waals surface area contributed by atoms with Crippen LogP contribution >= 0.6 is 11.3 Å². The Morgan fingerprint density at radius 2 is 2.04 bits per heavy atom. The van der Waals surface area contributed by atoms with Gasteiger partial charge in [0.25, 0.3) is 0 Å². The second-order valence-electron chi connectivity index (χ2n) is 5.76. The third-order valence-electron chi connectivity index (χ3n) is 3.80. The van der Waals surface area contributed by atoms with Crippen molar-refractivity contribution in [3.63, 3.8) is 0 Å². The van der Waals surface area contributed by atoms with Gasteiger partial charge in [-0.3, -0.25) is 9.52 Å². The average molecular weight is 418 g/mol. The van der Waals surface area contributed by atoms with E-state index in [0.29, 0.717) is 17.1 Å². The van der Waals surface area contributed by atoms with Crippen LogP contribution in [0.2, 0.25) is 0 Å². The number of methoxy groups -OCH3 is 1. The molecule has 2 N–H and O–H groups in total. The number of carbonyl (C=O) groups excluding carboxylic acids is 1. The molecule has 2 aromatic carbocycles. The number of fused-ring (bicyclic) bond motifs is 1. The van der Waals surface area contributed by atoms with Crippen molar-refractivity contribution in [1.82, 2.24) is 4.98 Å². The van der Waals surface area contributed by atoms with Crippen molar-refractivity contribution in [1.29, 1.82) is 0 Å². The summed E-state index contributed by atoms with van der Waals surface area (Å²) in [6.45, 7) is 1.54. The Labute approximate surface area is 167 Å². The van der Waals surface area contributed by atoms with E-state index in [0.717, 1.165) is 15.2 Å². The molecular weight excluding hydrogens is 398 g/mol. The highest BCUT2D eigenvalue weighted by molar-refractivity contribution is 7.92. The number of amides is 1. The standard InChI is InChI=1S/C19H19N3O4S2/c1-3-28(24,25)22-14-9-8-13(12-16(14)26-2)20-18(23)10-11-19-21-15-6-4-5-7-17(15)27-19/h4-12,22H,3H2,1-2H3,(H,20,23)/b11-10+. The van der Waals surface area contributed by atoms with Crippen molar-refractivity contribution < 1.29 is 17.9 Å². The number of rotatable bonds is 7. The van der Waals surface area contributed by atoms with E-state index in [-0.39, 0.29) is 11.7 Å². The molecule has 1 heterocycles. The SMILES string of the molecule is CCS(=O)(=O)Nc1ccc(NC(=O)/C=C/c2nc3ccccc3s2)cc1OC. The van der Waals surface area contributed by atoms with Gasteiger partial charge >= 0.3 is 0 Å². The number of sulfonamides is 1. The fourth-order valence-electron chi connectivity index (χ4n) is 2.39. The molecule has 0 saturated carbocycles. The minimum Gasteiger partial charge on any atom is -0.494 e. The van der Waals surface area contributed by atoms with Crippen LogP contribution < -0.4 is 14.8 Å². The molecule has 7 nitrogen and oxygen atoms in total. The molecule has 0 unspecified atom stereocenters. The zero-order valence-corrected chi connectivity index (χ0v) is 16.9. The number of ether oxygens (including phenoxy) is 1. The average Bonchev–Trinajstić information content (AvgIpc) is 3.10. The largest absolute Gasteiger partial charge is 0.494 e. The number of nitrogens with zero attached hydrogens (tertiary/aromatic N) is 1. The van der Waals surface area contributed by atoms with Gasteiger partial charge in [0.2, 0.25) is 15.9 Å². The van der Waals surface area contributed by atoms with Crippen LogP contribution in [0.4, 0.5) is 11.4 Å². The summed E-state index contributed by atoms with van der Waals surface area (Å²) >= 11 is 1.50. The summed E-state index contributed by atoms with van der Waals surface area (Å²) in [5.74, 6) is -0.0706. The third-order valence-corrected chi connectivity index (χ3v) is 6.09. The van der Waals surface area contributed by atoms with Gasteiger partial charge in [-0.25, -0.2) is 13.4 Å². The molecule has 146 valence electrons. The second-order valence-corrected chi connectivity index (χ2v) is 8.84. The van der Waals surface area contributed by atoms with Crippen molar-refractivity contribution in [3.8, 4) is 5.75 Å². The van der Waals surface area contributed by atoms with Crippen molar-refractivity contribution in [3.05, 3.63) is 53.5 Å². The highest BCUT2D eigenvalue weighted by Gasteiger charge is 2.12. The fourth-order valence-corrected chi connectivity index (χ4v) is 3.90. The van der Waals surface area contributed by atoms with E-state index in [2.05, 4.69) is 15.0 Å². The number of nitrogens with one attached hydrogen (secondary N) is 2. The van der Waals surface area contributed by atoms with Crippen LogP contribution in [-0.4, -0.2) is 32.2 Å². The number of carbonyl (C=O) groups is 1. The minimum absolute atomic E-state index is 0.0504. The first-order valence-corrected chi connectivity index (χ1v) is 10.9. The van der Waals surface area contributed by atoms with Gasteiger partial charge < -0.3 is 10.1 Å².